The predicted octanol–water partition coefficient (Wildman–Crippen LogP) is 1.94. The Labute approximate surface area is 172 Å². The molecule has 0 saturated heterocycles. The summed E-state index contributed by atoms with van der Waals surface area (Å²) in [6, 6.07) is 7.41. The second kappa shape index (κ2) is 8.16. The molecule has 0 aliphatic rings. The summed E-state index contributed by atoms with van der Waals surface area (Å²) >= 11 is 1.72. The first kappa shape index (κ1) is 19.3. The van der Waals surface area contributed by atoms with Crippen LogP contribution in [0.4, 0.5) is 0 Å². The fourth-order valence-electron chi connectivity index (χ4n) is 3.27. The highest BCUT2D eigenvalue weighted by atomic mass is 32.2. The molecule has 0 aliphatic heterocycles. The van der Waals surface area contributed by atoms with Gasteiger partial charge in [0, 0.05) is 17.6 Å². The first-order chi connectivity index (χ1) is 14.0. The molecule has 9 nitrogen and oxygen atoms in total. The fraction of sp³-hybridized carbons (Fsp3) is 0.368. The van der Waals surface area contributed by atoms with Gasteiger partial charge in [-0.25, -0.2) is 9.50 Å². The Hall–Kier alpha value is -3.01. The largest absolute Gasteiger partial charge is 0.346 e. The van der Waals surface area contributed by atoms with Gasteiger partial charge in [0.15, 0.2) is 17.3 Å². The van der Waals surface area contributed by atoms with Gasteiger partial charge in [-0.1, -0.05) is 6.07 Å². The number of hydrogen-bond donors (Lipinski definition) is 1. The van der Waals surface area contributed by atoms with E-state index in [4.69, 9.17) is 0 Å². The van der Waals surface area contributed by atoms with Crippen LogP contribution in [-0.2, 0) is 11.2 Å². The normalized spacial score (nSPS) is 12.5. The third-order valence-corrected chi connectivity index (χ3v) is 5.22. The van der Waals surface area contributed by atoms with Gasteiger partial charge in [-0.05, 0) is 50.5 Å². The number of aromatic nitrogens is 7. The van der Waals surface area contributed by atoms with Crippen molar-refractivity contribution < 1.29 is 4.79 Å². The molecule has 0 bridgehead atoms. The molecule has 4 rings (SSSR count). The molecule has 0 spiro atoms. The first-order valence-electron chi connectivity index (χ1n) is 9.33. The SMILES string of the molecule is CSCCC(NC(=O)Cc1nc2nc(C)cc(C)n2n1)c1nnc2ccccn12. The molecule has 0 fully saturated rings. The number of pyridine rings is 1. The summed E-state index contributed by atoms with van der Waals surface area (Å²) in [5.41, 5.74) is 2.55. The Kier molecular flexibility index (Phi) is 5.43. The van der Waals surface area contributed by atoms with Crippen molar-refractivity contribution in [2.24, 2.45) is 0 Å². The molecule has 1 unspecified atom stereocenters. The van der Waals surface area contributed by atoms with Crippen LogP contribution in [0, 0.1) is 13.8 Å². The molecule has 4 aromatic rings. The number of rotatable bonds is 7. The molecule has 1 N–H and O–H groups in total. The highest BCUT2D eigenvalue weighted by Crippen LogP contribution is 2.18. The number of fused-ring (bicyclic) bond motifs is 2. The predicted molar refractivity (Wildman–Crippen MR) is 111 cm³/mol. The molecule has 29 heavy (non-hydrogen) atoms. The first-order valence-corrected chi connectivity index (χ1v) is 10.7. The molecule has 4 heterocycles. The van der Waals surface area contributed by atoms with Crippen LogP contribution in [0.25, 0.3) is 11.4 Å². The van der Waals surface area contributed by atoms with Gasteiger partial charge in [-0.2, -0.15) is 16.7 Å². The lowest BCUT2D eigenvalue weighted by atomic mass is 10.2. The average molecular weight is 411 g/mol. The summed E-state index contributed by atoms with van der Waals surface area (Å²) in [5.74, 6) is 2.40. The van der Waals surface area contributed by atoms with Crippen molar-refractivity contribution in [3.05, 3.63) is 53.5 Å². The number of carbonyl (C=O) groups excluding carboxylic acids is 1. The van der Waals surface area contributed by atoms with E-state index in [1.165, 1.54) is 0 Å². The Morgan fingerprint density at radius 1 is 1.24 bits per heavy atom. The molecule has 0 radical (unpaired) electrons. The molecule has 1 atom stereocenters. The van der Waals surface area contributed by atoms with Crippen molar-refractivity contribution in [3.63, 3.8) is 0 Å². The molecule has 0 saturated carbocycles. The fourth-order valence-corrected chi connectivity index (χ4v) is 3.74. The number of nitrogens with one attached hydrogen (secondary N) is 1. The van der Waals surface area contributed by atoms with Gasteiger partial charge in [0.25, 0.3) is 5.78 Å². The van der Waals surface area contributed by atoms with E-state index in [1.54, 1.807) is 16.3 Å². The standard InChI is InChI=1S/C19H22N8OS/c1-12-10-13(2)27-19(20-12)22-15(25-27)11-17(28)21-14(7-9-29-3)18-24-23-16-6-4-5-8-26(16)18/h4-6,8,10,14H,7,9,11H2,1-3H3,(H,21,28). The van der Waals surface area contributed by atoms with Crippen LogP contribution in [0.1, 0.15) is 35.5 Å². The van der Waals surface area contributed by atoms with Crippen LogP contribution in [0.3, 0.4) is 0 Å². The van der Waals surface area contributed by atoms with Gasteiger partial charge in [0.2, 0.25) is 5.91 Å². The lowest BCUT2D eigenvalue weighted by molar-refractivity contribution is -0.121. The van der Waals surface area contributed by atoms with E-state index < -0.39 is 0 Å². The maximum Gasteiger partial charge on any atom is 0.252 e. The van der Waals surface area contributed by atoms with Crippen molar-refractivity contribution in [2.75, 3.05) is 12.0 Å². The Bertz CT molecular complexity index is 1170. The smallest absolute Gasteiger partial charge is 0.252 e. The van der Waals surface area contributed by atoms with Crippen LogP contribution >= 0.6 is 11.8 Å². The highest BCUT2D eigenvalue weighted by Gasteiger charge is 2.21. The van der Waals surface area contributed by atoms with E-state index in [0.29, 0.717) is 11.6 Å². The maximum absolute atomic E-state index is 12.8. The minimum Gasteiger partial charge on any atom is -0.346 e. The summed E-state index contributed by atoms with van der Waals surface area (Å²) in [5, 5.41) is 16.0. The molecule has 0 aromatic carbocycles. The zero-order valence-electron chi connectivity index (χ0n) is 16.5. The Balaban J connectivity index is 1.54. The van der Waals surface area contributed by atoms with Crippen molar-refractivity contribution in [1.82, 2.24) is 39.5 Å². The van der Waals surface area contributed by atoms with Crippen LogP contribution < -0.4 is 5.32 Å². The van der Waals surface area contributed by atoms with Crippen LogP contribution in [0.2, 0.25) is 0 Å². The van der Waals surface area contributed by atoms with Crippen molar-refractivity contribution in [1.29, 1.82) is 0 Å². The Morgan fingerprint density at radius 2 is 2.10 bits per heavy atom. The molecular weight excluding hydrogens is 388 g/mol. The van der Waals surface area contributed by atoms with Gasteiger partial charge in [-0.3, -0.25) is 9.20 Å². The van der Waals surface area contributed by atoms with E-state index in [-0.39, 0.29) is 18.4 Å². The van der Waals surface area contributed by atoms with Crippen molar-refractivity contribution >= 4 is 29.1 Å². The van der Waals surface area contributed by atoms with Crippen molar-refractivity contribution in [3.8, 4) is 0 Å². The maximum atomic E-state index is 12.8. The van der Waals surface area contributed by atoms with Gasteiger partial charge in [0.05, 0.1) is 12.5 Å². The molecule has 150 valence electrons. The number of nitrogens with zero attached hydrogens (tertiary/aromatic N) is 7. The number of thioether (sulfide) groups is 1. The summed E-state index contributed by atoms with van der Waals surface area (Å²) in [7, 11) is 0. The second-order valence-corrected chi connectivity index (χ2v) is 7.83. The van der Waals surface area contributed by atoms with Crippen LogP contribution in [-0.4, -0.2) is 52.1 Å². The molecule has 1 amide bonds. The summed E-state index contributed by atoms with van der Waals surface area (Å²) in [4.78, 5) is 21.5. The number of amides is 1. The number of hydrogen-bond acceptors (Lipinski definition) is 7. The van der Waals surface area contributed by atoms with Crippen LogP contribution in [0.5, 0.6) is 0 Å². The minimum absolute atomic E-state index is 0.0777. The topological polar surface area (TPSA) is 102 Å². The van der Waals surface area contributed by atoms with E-state index in [0.717, 1.165) is 35.0 Å². The molecular formula is C19H22N8OS. The molecule has 0 aliphatic carbocycles. The number of carbonyl (C=O) groups is 1. The highest BCUT2D eigenvalue weighted by molar-refractivity contribution is 7.98. The lowest BCUT2D eigenvalue weighted by Crippen LogP contribution is -2.31. The van der Waals surface area contributed by atoms with Gasteiger partial charge in [-0.15, -0.1) is 15.3 Å². The van der Waals surface area contributed by atoms with E-state index >= 15 is 0 Å². The zero-order chi connectivity index (χ0) is 20.4. The van der Waals surface area contributed by atoms with E-state index in [1.807, 2.05) is 55.0 Å². The van der Waals surface area contributed by atoms with Crippen molar-refractivity contribution in [2.45, 2.75) is 32.7 Å². The quantitative estimate of drug-likeness (QED) is 0.497. The zero-order valence-corrected chi connectivity index (χ0v) is 17.3. The van der Waals surface area contributed by atoms with E-state index in [9.17, 15) is 4.79 Å². The third-order valence-electron chi connectivity index (χ3n) is 4.58. The third kappa shape index (κ3) is 4.07. The van der Waals surface area contributed by atoms with Crippen LogP contribution in [0.15, 0.2) is 30.5 Å². The molecule has 10 heteroatoms. The lowest BCUT2D eigenvalue weighted by Gasteiger charge is -2.16. The summed E-state index contributed by atoms with van der Waals surface area (Å²) in [6.45, 7) is 3.85. The van der Waals surface area contributed by atoms with E-state index in [2.05, 4.69) is 30.6 Å². The summed E-state index contributed by atoms with van der Waals surface area (Å²) in [6.07, 6.45) is 4.78. The average Bonchev–Trinajstić information content (AvgIpc) is 3.29. The monoisotopic (exact) mass is 410 g/mol. The molecule has 4 aromatic heterocycles. The Morgan fingerprint density at radius 3 is 2.93 bits per heavy atom. The minimum atomic E-state index is -0.244. The summed E-state index contributed by atoms with van der Waals surface area (Å²) < 4.78 is 3.57. The number of aryl methyl sites for hydroxylation is 2. The second-order valence-electron chi connectivity index (χ2n) is 6.84. The van der Waals surface area contributed by atoms with Gasteiger partial charge >= 0.3 is 0 Å². The van der Waals surface area contributed by atoms with Gasteiger partial charge < -0.3 is 5.32 Å². The van der Waals surface area contributed by atoms with Gasteiger partial charge in [0.1, 0.15) is 0 Å².